The third-order valence-electron chi connectivity index (χ3n) is 5.08. The molecule has 1 aliphatic heterocycles. The second kappa shape index (κ2) is 9.58. The van der Waals surface area contributed by atoms with Crippen molar-refractivity contribution in [3.05, 3.63) is 64.2 Å². The van der Waals surface area contributed by atoms with Gasteiger partial charge in [-0.15, -0.1) is 0 Å². The third-order valence-corrected chi connectivity index (χ3v) is 7.46. The van der Waals surface area contributed by atoms with E-state index in [1.165, 1.54) is 34.6 Å². The highest BCUT2D eigenvalue weighted by atomic mass is 35.5. The molecular formula is C21H22ClF3N2O3S. The monoisotopic (exact) mass is 474 g/mol. The van der Waals surface area contributed by atoms with Gasteiger partial charge in [-0.25, -0.2) is 8.42 Å². The topological polar surface area (TPSA) is 66.5 Å². The molecule has 10 heteroatoms. The van der Waals surface area contributed by atoms with Crippen LogP contribution in [0.15, 0.2) is 47.4 Å². The van der Waals surface area contributed by atoms with Crippen molar-refractivity contribution >= 4 is 27.5 Å². The average Bonchev–Trinajstić information content (AvgIpc) is 3.02. The number of alkyl halides is 3. The van der Waals surface area contributed by atoms with Crippen LogP contribution in [0.2, 0.25) is 5.02 Å². The molecule has 1 amide bonds. The molecule has 2 aromatic carbocycles. The minimum absolute atomic E-state index is 0.0127. The van der Waals surface area contributed by atoms with E-state index in [1.807, 2.05) is 0 Å². The number of amides is 1. The zero-order chi connectivity index (χ0) is 22.6. The molecule has 3 rings (SSSR count). The second-order valence-electron chi connectivity index (χ2n) is 7.34. The number of sulfonamides is 1. The fourth-order valence-corrected chi connectivity index (χ4v) is 5.42. The fraction of sp³-hybridized carbons (Fsp3) is 0.381. The third kappa shape index (κ3) is 5.78. The summed E-state index contributed by atoms with van der Waals surface area (Å²) < 4.78 is 66.0. The van der Waals surface area contributed by atoms with Crippen molar-refractivity contribution in [2.24, 2.45) is 0 Å². The van der Waals surface area contributed by atoms with Crippen molar-refractivity contribution in [2.45, 2.75) is 43.3 Å². The first-order valence-corrected chi connectivity index (χ1v) is 11.6. The summed E-state index contributed by atoms with van der Waals surface area (Å²) in [7, 11) is -3.86. The van der Waals surface area contributed by atoms with Gasteiger partial charge in [-0.05, 0) is 48.7 Å². The number of rotatable bonds is 5. The van der Waals surface area contributed by atoms with Gasteiger partial charge in [0.15, 0.2) is 0 Å². The molecule has 0 spiro atoms. The van der Waals surface area contributed by atoms with Gasteiger partial charge in [0, 0.05) is 25.2 Å². The first-order valence-electron chi connectivity index (χ1n) is 9.83. The number of halogens is 4. The Morgan fingerprint density at radius 1 is 1.03 bits per heavy atom. The molecule has 1 aliphatic rings. The smallest absolute Gasteiger partial charge is 0.348 e. The number of hydrogen-bond donors (Lipinski definition) is 1. The summed E-state index contributed by atoms with van der Waals surface area (Å²) in [4.78, 5) is 12.4. The lowest BCUT2D eigenvalue weighted by atomic mass is 10.1. The molecule has 0 saturated carbocycles. The molecule has 31 heavy (non-hydrogen) atoms. The van der Waals surface area contributed by atoms with Gasteiger partial charge < -0.3 is 5.32 Å². The number of benzene rings is 2. The summed E-state index contributed by atoms with van der Waals surface area (Å²) in [6.45, 7) is 0.648. The molecule has 0 aliphatic carbocycles. The fourth-order valence-electron chi connectivity index (χ4n) is 3.41. The number of nitrogens with zero attached hydrogens (tertiary/aromatic N) is 1. The number of carbonyl (C=O) groups excluding carboxylic acids is 1. The van der Waals surface area contributed by atoms with E-state index in [1.54, 1.807) is 0 Å². The van der Waals surface area contributed by atoms with Crippen molar-refractivity contribution < 1.29 is 26.4 Å². The van der Waals surface area contributed by atoms with Gasteiger partial charge in [0.25, 0.3) is 5.91 Å². The maximum atomic E-state index is 13.0. The Hall–Kier alpha value is -2.10. The largest absolute Gasteiger partial charge is 0.416 e. The molecular weight excluding hydrogens is 453 g/mol. The van der Waals surface area contributed by atoms with E-state index in [-0.39, 0.29) is 27.6 Å². The first-order chi connectivity index (χ1) is 14.6. The van der Waals surface area contributed by atoms with Crippen LogP contribution in [-0.2, 0) is 22.7 Å². The Bertz CT molecular complexity index is 1050. The van der Waals surface area contributed by atoms with Crippen LogP contribution in [0.5, 0.6) is 0 Å². The van der Waals surface area contributed by atoms with Gasteiger partial charge in [0.1, 0.15) is 4.90 Å². The minimum Gasteiger partial charge on any atom is -0.348 e. The Morgan fingerprint density at radius 2 is 1.71 bits per heavy atom. The molecule has 168 valence electrons. The molecule has 0 unspecified atom stereocenters. The molecule has 1 fully saturated rings. The van der Waals surface area contributed by atoms with Crippen LogP contribution in [0.25, 0.3) is 0 Å². The standard InChI is InChI=1S/C21H22ClF3N2O3S/c22-18-9-8-16(13-19(18)31(29,30)27-10-3-1-2-4-11-27)20(28)26-14-15-6-5-7-17(12-15)21(23,24)25/h5-9,12-13H,1-4,10-11,14H2,(H,26,28). The summed E-state index contributed by atoms with van der Waals surface area (Å²) in [6.07, 6.45) is -1.05. The van der Waals surface area contributed by atoms with Crippen molar-refractivity contribution in [1.29, 1.82) is 0 Å². The number of carbonyl (C=O) groups is 1. The maximum Gasteiger partial charge on any atom is 0.416 e. The lowest BCUT2D eigenvalue weighted by molar-refractivity contribution is -0.137. The summed E-state index contributed by atoms with van der Waals surface area (Å²) in [5.41, 5.74) is -0.476. The summed E-state index contributed by atoms with van der Waals surface area (Å²) in [5.74, 6) is -0.610. The Labute approximate surface area is 184 Å². The number of nitrogens with one attached hydrogen (secondary N) is 1. The molecule has 0 radical (unpaired) electrons. The molecule has 1 N–H and O–H groups in total. The molecule has 1 heterocycles. The van der Waals surface area contributed by atoms with Gasteiger partial charge in [0.05, 0.1) is 10.6 Å². The normalized spacial score (nSPS) is 16.0. The van der Waals surface area contributed by atoms with Crippen LogP contribution in [0.1, 0.15) is 47.2 Å². The molecule has 0 bridgehead atoms. The van der Waals surface area contributed by atoms with Crippen LogP contribution in [0.3, 0.4) is 0 Å². The van der Waals surface area contributed by atoms with Crippen molar-refractivity contribution in [3.8, 4) is 0 Å². The van der Waals surface area contributed by atoms with E-state index >= 15 is 0 Å². The van der Waals surface area contributed by atoms with Crippen molar-refractivity contribution in [1.82, 2.24) is 9.62 Å². The molecule has 1 saturated heterocycles. The minimum atomic E-state index is -4.48. The predicted octanol–water partition coefficient (Wildman–Crippen LogP) is 4.85. The summed E-state index contributed by atoms with van der Waals surface area (Å²) in [5, 5.41) is 2.54. The SMILES string of the molecule is O=C(NCc1cccc(C(F)(F)F)c1)c1ccc(Cl)c(S(=O)(=O)N2CCCCCC2)c1. The van der Waals surface area contributed by atoms with Gasteiger partial charge >= 0.3 is 6.18 Å². The van der Waals surface area contributed by atoms with E-state index in [2.05, 4.69) is 5.32 Å². The zero-order valence-electron chi connectivity index (χ0n) is 16.6. The molecule has 5 nitrogen and oxygen atoms in total. The van der Waals surface area contributed by atoms with Crippen LogP contribution in [-0.4, -0.2) is 31.7 Å². The maximum absolute atomic E-state index is 13.0. The first kappa shape index (κ1) is 23.6. The zero-order valence-corrected chi connectivity index (χ0v) is 18.2. The predicted molar refractivity (Wildman–Crippen MR) is 111 cm³/mol. The van der Waals surface area contributed by atoms with Crippen LogP contribution in [0.4, 0.5) is 13.2 Å². The average molecular weight is 475 g/mol. The lowest BCUT2D eigenvalue weighted by Crippen LogP contribution is -2.32. The number of hydrogen-bond acceptors (Lipinski definition) is 3. The van der Waals surface area contributed by atoms with Crippen LogP contribution >= 0.6 is 11.6 Å². The molecule has 0 aromatic heterocycles. The van der Waals surface area contributed by atoms with Crippen LogP contribution < -0.4 is 5.32 Å². The van der Waals surface area contributed by atoms with Gasteiger partial charge in [-0.2, -0.15) is 17.5 Å². The summed E-state index contributed by atoms with van der Waals surface area (Å²) >= 11 is 6.13. The van der Waals surface area contributed by atoms with Gasteiger partial charge in [-0.1, -0.05) is 36.6 Å². The second-order valence-corrected chi connectivity index (χ2v) is 9.66. The van der Waals surface area contributed by atoms with Gasteiger partial charge in [-0.3, -0.25) is 4.79 Å². The molecule has 2 aromatic rings. The Morgan fingerprint density at radius 3 is 2.35 bits per heavy atom. The highest BCUT2D eigenvalue weighted by molar-refractivity contribution is 7.89. The van der Waals surface area contributed by atoms with Gasteiger partial charge in [0.2, 0.25) is 10.0 Å². The van der Waals surface area contributed by atoms with E-state index in [0.29, 0.717) is 13.1 Å². The van der Waals surface area contributed by atoms with E-state index < -0.39 is 27.7 Å². The van der Waals surface area contributed by atoms with Crippen molar-refractivity contribution in [2.75, 3.05) is 13.1 Å². The van der Waals surface area contributed by atoms with Crippen molar-refractivity contribution in [3.63, 3.8) is 0 Å². The van der Waals surface area contributed by atoms with Crippen LogP contribution in [0, 0.1) is 0 Å². The highest BCUT2D eigenvalue weighted by Crippen LogP contribution is 2.30. The molecule has 0 atom stereocenters. The van der Waals surface area contributed by atoms with E-state index in [9.17, 15) is 26.4 Å². The van der Waals surface area contributed by atoms with E-state index in [0.717, 1.165) is 37.8 Å². The lowest BCUT2D eigenvalue weighted by Gasteiger charge is -2.21. The Kier molecular flexibility index (Phi) is 7.28. The quantitative estimate of drug-likeness (QED) is 0.673. The van der Waals surface area contributed by atoms with E-state index in [4.69, 9.17) is 11.6 Å². The summed E-state index contributed by atoms with van der Waals surface area (Å²) in [6, 6.07) is 8.56. The highest BCUT2D eigenvalue weighted by Gasteiger charge is 2.30. The Balaban J connectivity index is 1.77.